The van der Waals surface area contributed by atoms with Crippen LogP contribution < -0.4 is 11.1 Å². The molecule has 0 aromatic carbocycles. The summed E-state index contributed by atoms with van der Waals surface area (Å²) >= 11 is 0. The third kappa shape index (κ3) is 15.5. The van der Waals surface area contributed by atoms with E-state index in [4.69, 9.17) is 26.7 Å². The van der Waals surface area contributed by atoms with Crippen LogP contribution in [0.15, 0.2) is 0 Å². The van der Waals surface area contributed by atoms with Gasteiger partial charge in [-0.15, -0.1) is 12.3 Å². The van der Waals surface area contributed by atoms with Gasteiger partial charge in [0.2, 0.25) is 0 Å². The molecule has 7 nitrogen and oxygen atoms in total. The van der Waals surface area contributed by atoms with E-state index < -0.39 is 18.1 Å². The van der Waals surface area contributed by atoms with Crippen LogP contribution in [0, 0.1) is 12.3 Å². The number of hydrogen-bond donors (Lipinski definition) is 3. The van der Waals surface area contributed by atoms with Gasteiger partial charge in [0.15, 0.2) is 0 Å². The van der Waals surface area contributed by atoms with Crippen molar-refractivity contribution in [1.82, 2.24) is 5.32 Å². The van der Waals surface area contributed by atoms with Crippen molar-refractivity contribution in [2.24, 2.45) is 5.73 Å². The monoisotopic (exact) mass is 356 g/mol. The Labute approximate surface area is 150 Å². The lowest BCUT2D eigenvalue weighted by Gasteiger charge is -2.13. The molecular formula is C18H32N2O5. The molecule has 0 saturated heterocycles. The lowest BCUT2D eigenvalue weighted by Crippen LogP contribution is -2.30. The predicted octanol–water partition coefficient (Wildman–Crippen LogP) is 2.28. The molecule has 1 unspecified atom stereocenters. The molecule has 4 N–H and O–H groups in total. The second-order valence-electron chi connectivity index (χ2n) is 5.99. The average Bonchev–Trinajstić information content (AvgIpc) is 2.58. The van der Waals surface area contributed by atoms with Gasteiger partial charge >= 0.3 is 12.1 Å². The zero-order chi connectivity index (χ0) is 18.9. The fourth-order valence-electron chi connectivity index (χ4n) is 2.16. The van der Waals surface area contributed by atoms with Crippen molar-refractivity contribution < 1.29 is 24.2 Å². The summed E-state index contributed by atoms with van der Waals surface area (Å²) in [5.74, 6) is 1.62. The lowest BCUT2D eigenvalue weighted by atomic mass is 10.1. The van der Waals surface area contributed by atoms with Crippen LogP contribution in [0.3, 0.4) is 0 Å². The maximum Gasteiger partial charge on any atom is 0.407 e. The minimum Gasteiger partial charge on any atom is -0.480 e. The maximum atomic E-state index is 11.4. The van der Waals surface area contributed by atoms with E-state index in [1.807, 2.05) is 6.92 Å². The normalized spacial score (nSPS) is 12.8. The molecule has 0 aliphatic heterocycles. The summed E-state index contributed by atoms with van der Waals surface area (Å²) in [6.45, 7) is 3.01. The Morgan fingerprint density at radius 2 is 1.88 bits per heavy atom. The van der Waals surface area contributed by atoms with Crippen molar-refractivity contribution in [2.45, 2.75) is 70.4 Å². The standard InChI is InChI=1S/C18H32N2O5/c1-3-4-5-6-7-10-15(2)24-13-14-25-18(23)20-12-9-8-11-16(19)17(21)22/h1,15-16H,4-14,19H2,2H3,(H,20,23)(H,21,22)/t15?,16-/m0/s1. The molecule has 0 spiro atoms. The van der Waals surface area contributed by atoms with E-state index in [1.54, 1.807) is 0 Å². The minimum atomic E-state index is -1.01. The Balaban J connectivity index is 3.43. The van der Waals surface area contributed by atoms with E-state index in [-0.39, 0.29) is 12.7 Å². The van der Waals surface area contributed by atoms with Gasteiger partial charge in [0.05, 0.1) is 12.7 Å². The van der Waals surface area contributed by atoms with Crippen LogP contribution in [0.2, 0.25) is 0 Å². The first-order valence-electron chi connectivity index (χ1n) is 8.91. The first-order valence-corrected chi connectivity index (χ1v) is 8.91. The molecule has 1 amide bonds. The third-order valence-electron chi connectivity index (χ3n) is 3.68. The van der Waals surface area contributed by atoms with Crippen LogP contribution in [-0.4, -0.2) is 49.1 Å². The molecule has 2 atom stereocenters. The third-order valence-corrected chi connectivity index (χ3v) is 3.68. The van der Waals surface area contributed by atoms with E-state index in [0.29, 0.717) is 32.4 Å². The number of carbonyl (C=O) groups excluding carboxylic acids is 1. The number of aliphatic carboxylic acids is 1. The number of carboxylic acids is 1. The van der Waals surface area contributed by atoms with Crippen LogP contribution in [0.4, 0.5) is 4.79 Å². The second kappa shape index (κ2) is 15.7. The Hall–Kier alpha value is -1.78. The number of alkyl carbamates (subject to hydrolysis) is 1. The minimum absolute atomic E-state index is 0.135. The van der Waals surface area contributed by atoms with Crippen molar-refractivity contribution in [3.05, 3.63) is 0 Å². The average molecular weight is 356 g/mol. The van der Waals surface area contributed by atoms with Crippen LogP contribution in [0.1, 0.15) is 58.3 Å². The van der Waals surface area contributed by atoms with Crippen molar-refractivity contribution in [2.75, 3.05) is 19.8 Å². The number of nitrogens with one attached hydrogen (secondary N) is 1. The molecule has 0 aliphatic rings. The van der Waals surface area contributed by atoms with Gasteiger partial charge in [-0.05, 0) is 39.0 Å². The number of terminal acetylenes is 1. The van der Waals surface area contributed by atoms with Crippen molar-refractivity contribution in [3.8, 4) is 12.3 Å². The number of ether oxygens (including phenoxy) is 2. The van der Waals surface area contributed by atoms with Crippen LogP contribution in [0.5, 0.6) is 0 Å². The molecule has 7 heteroatoms. The summed E-state index contributed by atoms with van der Waals surface area (Å²) in [4.78, 5) is 22.0. The summed E-state index contributed by atoms with van der Waals surface area (Å²) in [6.07, 6.45) is 11.5. The molecule has 0 bridgehead atoms. The molecule has 0 rings (SSSR count). The van der Waals surface area contributed by atoms with Crippen molar-refractivity contribution in [3.63, 3.8) is 0 Å². The number of unbranched alkanes of at least 4 members (excludes halogenated alkanes) is 4. The quantitative estimate of drug-likeness (QED) is 0.307. The SMILES string of the molecule is C#CCCCCCC(C)OCCOC(=O)NCCCC[C@H](N)C(=O)O. The van der Waals surface area contributed by atoms with Crippen LogP contribution in [0.25, 0.3) is 0 Å². The zero-order valence-electron chi connectivity index (χ0n) is 15.2. The van der Waals surface area contributed by atoms with E-state index in [1.165, 1.54) is 0 Å². The highest BCUT2D eigenvalue weighted by Gasteiger charge is 2.10. The Morgan fingerprint density at radius 1 is 1.16 bits per heavy atom. The van der Waals surface area contributed by atoms with Crippen molar-refractivity contribution in [1.29, 1.82) is 0 Å². The van der Waals surface area contributed by atoms with E-state index in [9.17, 15) is 9.59 Å². The molecule has 0 saturated carbocycles. The molecular weight excluding hydrogens is 324 g/mol. The van der Waals surface area contributed by atoms with E-state index in [0.717, 1.165) is 32.1 Å². The molecule has 0 fully saturated rings. The Morgan fingerprint density at radius 3 is 2.56 bits per heavy atom. The van der Waals surface area contributed by atoms with Gasteiger partial charge in [0, 0.05) is 13.0 Å². The molecule has 0 aromatic heterocycles. The summed E-state index contributed by atoms with van der Waals surface area (Å²) in [5, 5.41) is 11.2. The lowest BCUT2D eigenvalue weighted by molar-refractivity contribution is -0.138. The predicted molar refractivity (Wildman–Crippen MR) is 96.1 cm³/mol. The van der Waals surface area contributed by atoms with Crippen LogP contribution >= 0.6 is 0 Å². The van der Waals surface area contributed by atoms with Gasteiger partial charge in [-0.2, -0.15) is 0 Å². The molecule has 0 heterocycles. The first kappa shape index (κ1) is 23.2. The number of nitrogens with two attached hydrogens (primary N) is 1. The summed E-state index contributed by atoms with van der Waals surface area (Å²) in [7, 11) is 0. The Bertz CT molecular complexity index is 409. The smallest absolute Gasteiger partial charge is 0.407 e. The van der Waals surface area contributed by atoms with Gasteiger partial charge in [0.25, 0.3) is 0 Å². The highest BCUT2D eigenvalue weighted by molar-refractivity contribution is 5.72. The number of hydrogen-bond acceptors (Lipinski definition) is 5. The van der Waals surface area contributed by atoms with E-state index >= 15 is 0 Å². The van der Waals surface area contributed by atoms with Gasteiger partial charge in [-0.3, -0.25) is 4.79 Å². The number of carboxylic acid groups (broad SMARTS) is 1. The fraction of sp³-hybridized carbons (Fsp3) is 0.778. The number of rotatable bonds is 15. The fourth-order valence-corrected chi connectivity index (χ4v) is 2.16. The van der Waals surface area contributed by atoms with Gasteiger partial charge in [0.1, 0.15) is 12.6 Å². The van der Waals surface area contributed by atoms with Gasteiger partial charge in [-0.1, -0.05) is 12.8 Å². The summed E-state index contributed by atoms with van der Waals surface area (Å²) in [6, 6.07) is -0.844. The van der Waals surface area contributed by atoms with Crippen LogP contribution in [-0.2, 0) is 14.3 Å². The highest BCUT2D eigenvalue weighted by atomic mass is 16.6. The summed E-state index contributed by atoms with van der Waals surface area (Å²) < 4.78 is 10.6. The second-order valence-corrected chi connectivity index (χ2v) is 5.99. The van der Waals surface area contributed by atoms with Gasteiger partial charge < -0.3 is 25.6 Å². The van der Waals surface area contributed by atoms with Crippen molar-refractivity contribution >= 4 is 12.1 Å². The largest absolute Gasteiger partial charge is 0.480 e. The van der Waals surface area contributed by atoms with Gasteiger partial charge in [-0.25, -0.2) is 4.79 Å². The molecule has 25 heavy (non-hydrogen) atoms. The maximum absolute atomic E-state index is 11.4. The number of amides is 1. The molecule has 0 aromatic rings. The zero-order valence-corrected chi connectivity index (χ0v) is 15.2. The highest BCUT2D eigenvalue weighted by Crippen LogP contribution is 2.07. The van der Waals surface area contributed by atoms with E-state index in [2.05, 4.69) is 11.2 Å². The molecule has 0 radical (unpaired) electrons. The first-order chi connectivity index (χ1) is 12.0. The Kier molecular flexibility index (Phi) is 14.6. The summed E-state index contributed by atoms with van der Waals surface area (Å²) in [5.41, 5.74) is 5.38. The molecule has 144 valence electrons. The number of carbonyl (C=O) groups is 2. The topological polar surface area (TPSA) is 111 Å². The molecule has 0 aliphatic carbocycles.